The van der Waals surface area contributed by atoms with Gasteiger partial charge < -0.3 is 15.1 Å². The molecule has 0 spiro atoms. The third kappa shape index (κ3) is 3.36. The van der Waals surface area contributed by atoms with Gasteiger partial charge in [0.15, 0.2) is 0 Å². The van der Waals surface area contributed by atoms with Crippen LogP contribution < -0.4 is 10.6 Å². The largest absolute Gasteiger partial charge is 0.406 e. The maximum Gasteiger partial charge on any atom is 0.320 e. The van der Waals surface area contributed by atoms with Gasteiger partial charge in [-0.3, -0.25) is 4.68 Å². The summed E-state index contributed by atoms with van der Waals surface area (Å²) in [4.78, 5) is 0. The number of hydrogen-bond donors (Lipinski definition) is 2. The quantitative estimate of drug-likeness (QED) is 0.808. The van der Waals surface area contributed by atoms with Crippen LogP contribution in [0.2, 0.25) is 0 Å². The van der Waals surface area contributed by atoms with E-state index in [9.17, 15) is 0 Å². The summed E-state index contributed by atoms with van der Waals surface area (Å²) >= 11 is 0. The van der Waals surface area contributed by atoms with Crippen LogP contribution in [-0.4, -0.2) is 26.5 Å². The highest BCUT2D eigenvalue weighted by molar-refractivity contribution is 5.54. The highest BCUT2D eigenvalue weighted by Crippen LogP contribution is 2.21. The summed E-state index contributed by atoms with van der Waals surface area (Å²) in [5.74, 6) is 0.586. The van der Waals surface area contributed by atoms with Crippen LogP contribution in [-0.2, 0) is 13.5 Å². The SMILES string of the molecule is CCCNC(C)c1nnc(Nc2cn(C)nc2CC)o1. The summed E-state index contributed by atoms with van der Waals surface area (Å²) in [6, 6.07) is 0.449. The van der Waals surface area contributed by atoms with E-state index < -0.39 is 0 Å². The van der Waals surface area contributed by atoms with Crippen LogP contribution >= 0.6 is 0 Å². The molecule has 2 aromatic heterocycles. The molecule has 0 fully saturated rings. The molecule has 1 atom stereocenters. The van der Waals surface area contributed by atoms with Crippen molar-refractivity contribution >= 4 is 11.7 Å². The Kier molecular flexibility index (Phi) is 4.73. The van der Waals surface area contributed by atoms with Crippen LogP contribution in [0.15, 0.2) is 10.6 Å². The van der Waals surface area contributed by atoms with Crippen LogP contribution in [0.5, 0.6) is 0 Å². The van der Waals surface area contributed by atoms with E-state index in [0.29, 0.717) is 11.9 Å². The van der Waals surface area contributed by atoms with E-state index in [0.717, 1.165) is 30.8 Å². The lowest BCUT2D eigenvalue weighted by molar-refractivity contribution is 0.424. The minimum absolute atomic E-state index is 0.0533. The van der Waals surface area contributed by atoms with Gasteiger partial charge in [0.25, 0.3) is 0 Å². The van der Waals surface area contributed by atoms with Gasteiger partial charge in [-0.25, -0.2) is 0 Å². The second kappa shape index (κ2) is 6.51. The van der Waals surface area contributed by atoms with Crippen molar-refractivity contribution in [3.05, 3.63) is 17.8 Å². The summed E-state index contributed by atoms with van der Waals surface area (Å²) in [7, 11) is 1.89. The Morgan fingerprint density at radius 1 is 1.35 bits per heavy atom. The third-order valence-corrected chi connectivity index (χ3v) is 2.99. The van der Waals surface area contributed by atoms with Gasteiger partial charge >= 0.3 is 6.01 Å². The molecule has 0 saturated heterocycles. The van der Waals surface area contributed by atoms with Crippen molar-refractivity contribution in [1.29, 1.82) is 0 Å². The van der Waals surface area contributed by atoms with Crippen molar-refractivity contribution in [2.75, 3.05) is 11.9 Å². The number of nitrogens with one attached hydrogen (secondary N) is 2. The molecular weight excluding hydrogens is 256 g/mol. The fourth-order valence-corrected chi connectivity index (χ4v) is 1.92. The summed E-state index contributed by atoms with van der Waals surface area (Å²) < 4.78 is 7.39. The second-order valence-corrected chi connectivity index (χ2v) is 4.76. The number of hydrogen-bond acceptors (Lipinski definition) is 6. The van der Waals surface area contributed by atoms with E-state index in [4.69, 9.17) is 4.42 Å². The average molecular weight is 278 g/mol. The smallest absolute Gasteiger partial charge is 0.320 e. The maximum absolute atomic E-state index is 5.62. The molecule has 0 saturated carbocycles. The maximum atomic E-state index is 5.62. The number of anilines is 2. The molecule has 0 aliphatic carbocycles. The van der Waals surface area contributed by atoms with Gasteiger partial charge in [-0.2, -0.15) is 5.10 Å². The number of aryl methyl sites for hydroxylation is 2. The molecule has 0 bridgehead atoms. The summed E-state index contributed by atoms with van der Waals surface area (Å²) in [6.07, 6.45) is 3.82. The Morgan fingerprint density at radius 2 is 2.15 bits per heavy atom. The Bertz CT molecular complexity index is 547. The lowest BCUT2D eigenvalue weighted by Gasteiger charge is -2.07. The van der Waals surface area contributed by atoms with Gasteiger partial charge in [0.2, 0.25) is 5.89 Å². The highest BCUT2D eigenvalue weighted by atomic mass is 16.4. The van der Waals surface area contributed by atoms with Gasteiger partial charge in [0.1, 0.15) is 0 Å². The van der Waals surface area contributed by atoms with E-state index >= 15 is 0 Å². The first-order valence-electron chi connectivity index (χ1n) is 7.00. The fourth-order valence-electron chi connectivity index (χ4n) is 1.92. The molecule has 0 aliphatic heterocycles. The third-order valence-electron chi connectivity index (χ3n) is 2.99. The van der Waals surface area contributed by atoms with Crippen molar-refractivity contribution in [2.24, 2.45) is 7.05 Å². The molecule has 2 N–H and O–H groups in total. The molecular formula is C13H22N6O. The van der Waals surface area contributed by atoms with Gasteiger partial charge in [-0.15, -0.1) is 5.10 Å². The molecule has 0 amide bonds. The van der Waals surface area contributed by atoms with E-state index in [1.54, 1.807) is 4.68 Å². The first-order chi connectivity index (χ1) is 9.63. The van der Waals surface area contributed by atoms with Crippen LogP contribution in [0, 0.1) is 0 Å². The van der Waals surface area contributed by atoms with E-state index in [1.807, 2.05) is 20.2 Å². The first-order valence-corrected chi connectivity index (χ1v) is 7.00. The molecule has 0 radical (unpaired) electrons. The Hall–Kier alpha value is -1.89. The van der Waals surface area contributed by atoms with E-state index in [1.165, 1.54) is 0 Å². The zero-order chi connectivity index (χ0) is 14.5. The lowest BCUT2D eigenvalue weighted by atomic mass is 10.3. The Labute approximate surface area is 118 Å². The van der Waals surface area contributed by atoms with Gasteiger partial charge in [-0.1, -0.05) is 18.9 Å². The van der Waals surface area contributed by atoms with Crippen LogP contribution in [0.1, 0.15) is 44.8 Å². The molecule has 20 heavy (non-hydrogen) atoms. The van der Waals surface area contributed by atoms with Crippen molar-refractivity contribution in [3.63, 3.8) is 0 Å². The monoisotopic (exact) mass is 278 g/mol. The Balaban J connectivity index is 2.05. The minimum Gasteiger partial charge on any atom is -0.406 e. The van der Waals surface area contributed by atoms with Crippen LogP contribution in [0.4, 0.5) is 11.7 Å². The van der Waals surface area contributed by atoms with Crippen molar-refractivity contribution < 1.29 is 4.42 Å². The molecule has 2 heterocycles. The van der Waals surface area contributed by atoms with Crippen LogP contribution in [0.25, 0.3) is 0 Å². The second-order valence-electron chi connectivity index (χ2n) is 4.76. The van der Waals surface area contributed by atoms with Crippen molar-refractivity contribution in [2.45, 2.75) is 39.7 Å². The minimum atomic E-state index is 0.0533. The van der Waals surface area contributed by atoms with E-state index in [2.05, 4.69) is 39.8 Å². The lowest BCUT2D eigenvalue weighted by Crippen LogP contribution is -2.19. The fraction of sp³-hybridized carbons (Fsp3) is 0.615. The molecule has 2 rings (SSSR count). The predicted octanol–water partition coefficient (Wildman–Crippen LogP) is 2.17. The topological polar surface area (TPSA) is 80.8 Å². The zero-order valence-electron chi connectivity index (χ0n) is 12.5. The molecule has 0 aromatic carbocycles. The summed E-state index contributed by atoms with van der Waals surface area (Å²) in [5.41, 5.74) is 1.88. The highest BCUT2D eigenvalue weighted by Gasteiger charge is 2.14. The number of aromatic nitrogens is 4. The van der Waals surface area contributed by atoms with Gasteiger partial charge in [0.05, 0.1) is 17.4 Å². The van der Waals surface area contributed by atoms with Crippen LogP contribution in [0.3, 0.4) is 0 Å². The number of nitrogens with zero attached hydrogens (tertiary/aromatic N) is 4. The first kappa shape index (κ1) is 14.5. The summed E-state index contributed by atoms with van der Waals surface area (Å²) in [5, 5.41) is 18.9. The molecule has 1 unspecified atom stereocenters. The van der Waals surface area contributed by atoms with Crippen molar-refractivity contribution in [3.8, 4) is 0 Å². The van der Waals surface area contributed by atoms with Crippen molar-refractivity contribution in [1.82, 2.24) is 25.3 Å². The molecule has 2 aromatic rings. The Morgan fingerprint density at radius 3 is 2.85 bits per heavy atom. The van der Waals surface area contributed by atoms with E-state index in [-0.39, 0.29) is 6.04 Å². The standard InChI is InChI=1S/C13H22N6O/c1-5-7-14-9(3)12-16-17-13(20-12)15-11-8-19(4)18-10(11)6-2/h8-9,14H,5-7H2,1-4H3,(H,15,17). The predicted molar refractivity (Wildman–Crippen MR) is 76.9 cm³/mol. The van der Waals surface area contributed by atoms with Gasteiger partial charge in [-0.05, 0) is 26.3 Å². The zero-order valence-corrected chi connectivity index (χ0v) is 12.5. The number of rotatable bonds is 7. The average Bonchev–Trinajstić information content (AvgIpc) is 3.03. The molecule has 110 valence electrons. The van der Waals surface area contributed by atoms with Gasteiger partial charge in [0, 0.05) is 13.2 Å². The molecule has 7 heteroatoms. The molecule has 7 nitrogen and oxygen atoms in total. The summed E-state index contributed by atoms with van der Waals surface area (Å²) in [6.45, 7) is 7.11. The molecule has 0 aliphatic rings. The normalized spacial score (nSPS) is 12.6.